The Morgan fingerprint density at radius 3 is 3.00 bits per heavy atom. The first-order chi connectivity index (χ1) is 7.79. The van der Waals surface area contributed by atoms with Crippen molar-refractivity contribution in [3.8, 4) is 0 Å². The van der Waals surface area contributed by atoms with E-state index < -0.39 is 0 Å². The molecule has 16 heavy (non-hydrogen) atoms. The van der Waals surface area contributed by atoms with Crippen molar-refractivity contribution in [2.75, 3.05) is 20.3 Å². The molecule has 0 aliphatic carbocycles. The van der Waals surface area contributed by atoms with Crippen LogP contribution in [0.4, 0.5) is 0 Å². The Kier molecular flexibility index (Phi) is 6.19. The number of nitrogens with one attached hydrogen (secondary N) is 1. The van der Waals surface area contributed by atoms with Crippen LogP contribution in [0.2, 0.25) is 0 Å². The summed E-state index contributed by atoms with van der Waals surface area (Å²) in [6.45, 7) is 7.27. The highest BCUT2D eigenvalue weighted by Crippen LogP contribution is 2.14. The monoisotopic (exact) mass is 224 g/mol. The van der Waals surface area contributed by atoms with E-state index in [1.807, 2.05) is 0 Å². The standard InChI is InChI=1S/C13H24N2O/c1-4-12(2)15-9-5-7-13(15)11-14-8-6-10-16-3/h5,7,9,12,14H,4,6,8,10-11H2,1-3H3/t12-/m0/s1. The molecule has 1 rings (SSSR count). The van der Waals surface area contributed by atoms with Gasteiger partial charge in [-0.2, -0.15) is 0 Å². The molecule has 92 valence electrons. The Morgan fingerprint density at radius 2 is 2.31 bits per heavy atom. The second-order valence-electron chi connectivity index (χ2n) is 4.19. The van der Waals surface area contributed by atoms with Gasteiger partial charge in [-0.25, -0.2) is 0 Å². The molecule has 0 unspecified atom stereocenters. The summed E-state index contributed by atoms with van der Waals surface area (Å²) in [4.78, 5) is 0. The van der Waals surface area contributed by atoms with E-state index in [0.29, 0.717) is 6.04 Å². The van der Waals surface area contributed by atoms with E-state index in [4.69, 9.17) is 4.74 Å². The number of aromatic nitrogens is 1. The minimum atomic E-state index is 0.589. The van der Waals surface area contributed by atoms with Gasteiger partial charge in [0.15, 0.2) is 0 Å². The fourth-order valence-corrected chi connectivity index (χ4v) is 1.76. The zero-order valence-electron chi connectivity index (χ0n) is 10.7. The molecular weight excluding hydrogens is 200 g/mol. The van der Waals surface area contributed by atoms with Crippen LogP contribution in [0.5, 0.6) is 0 Å². The topological polar surface area (TPSA) is 26.2 Å². The minimum absolute atomic E-state index is 0.589. The molecule has 3 heteroatoms. The predicted octanol–water partition coefficient (Wildman–Crippen LogP) is 2.59. The molecule has 3 nitrogen and oxygen atoms in total. The minimum Gasteiger partial charge on any atom is -0.385 e. The summed E-state index contributed by atoms with van der Waals surface area (Å²) in [6.07, 6.45) is 4.41. The fourth-order valence-electron chi connectivity index (χ4n) is 1.76. The van der Waals surface area contributed by atoms with Crippen LogP contribution < -0.4 is 5.32 Å². The number of ether oxygens (including phenoxy) is 1. The molecule has 1 heterocycles. The average molecular weight is 224 g/mol. The second kappa shape index (κ2) is 7.47. The van der Waals surface area contributed by atoms with Gasteiger partial charge in [-0.05, 0) is 38.4 Å². The molecule has 0 saturated carbocycles. The van der Waals surface area contributed by atoms with Crippen molar-refractivity contribution in [3.05, 3.63) is 24.0 Å². The lowest BCUT2D eigenvalue weighted by Gasteiger charge is -2.16. The largest absolute Gasteiger partial charge is 0.385 e. The van der Waals surface area contributed by atoms with Crippen LogP contribution in [0.25, 0.3) is 0 Å². The summed E-state index contributed by atoms with van der Waals surface area (Å²) in [6, 6.07) is 4.90. The van der Waals surface area contributed by atoms with Gasteiger partial charge in [-0.3, -0.25) is 0 Å². The predicted molar refractivity (Wildman–Crippen MR) is 67.6 cm³/mol. The van der Waals surface area contributed by atoms with Crippen molar-refractivity contribution < 1.29 is 4.74 Å². The second-order valence-corrected chi connectivity index (χ2v) is 4.19. The smallest absolute Gasteiger partial charge is 0.0474 e. The van der Waals surface area contributed by atoms with Gasteiger partial charge in [0.2, 0.25) is 0 Å². The number of rotatable bonds is 8. The van der Waals surface area contributed by atoms with Crippen LogP contribution in [-0.2, 0) is 11.3 Å². The first-order valence-electron chi connectivity index (χ1n) is 6.15. The van der Waals surface area contributed by atoms with Gasteiger partial charge in [-0.1, -0.05) is 6.92 Å². The third kappa shape index (κ3) is 3.99. The summed E-state index contributed by atoms with van der Waals surface area (Å²) in [5.74, 6) is 0. The highest BCUT2D eigenvalue weighted by molar-refractivity contribution is 5.08. The van der Waals surface area contributed by atoms with Gasteiger partial charge in [-0.15, -0.1) is 0 Å². The van der Waals surface area contributed by atoms with E-state index in [9.17, 15) is 0 Å². The Balaban J connectivity index is 2.33. The Hall–Kier alpha value is -0.800. The molecule has 0 aromatic carbocycles. The van der Waals surface area contributed by atoms with Crippen molar-refractivity contribution in [1.29, 1.82) is 0 Å². The molecule has 0 spiro atoms. The van der Waals surface area contributed by atoms with Crippen molar-refractivity contribution in [2.45, 2.75) is 39.3 Å². The number of methoxy groups -OCH3 is 1. The van der Waals surface area contributed by atoms with E-state index in [-0.39, 0.29) is 0 Å². The lowest BCUT2D eigenvalue weighted by molar-refractivity contribution is 0.194. The summed E-state index contributed by atoms with van der Waals surface area (Å²) in [5, 5.41) is 3.44. The van der Waals surface area contributed by atoms with E-state index in [2.05, 4.69) is 42.1 Å². The van der Waals surface area contributed by atoms with E-state index in [1.54, 1.807) is 7.11 Å². The highest BCUT2D eigenvalue weighted by atomic mass is 16.5. The normalized spacial score (nSPS) is 12.9. The van der Waals surface area contributed by atoms with Crippen molar-refractivity contribution >= 4 is 0 Å². The Labute approximate surface area is 98.8 Å². The van der Waals surface area contributed by atoms with Crippen LogP contribution in [0.3, 0.4) is 0 Å². The maximum Gasteiger partial charge on any atom is 0.0474 e. The Bertz CT molecular complexity index is 283. The van der Waals surface area contributed by atoms with Crippen LogP contribution in [0.15, 0.2) is 18.3 Å². The quantitative estimate of drug-likeness (QED) is 0.687. The number of hydrogen-bond donors (Lipinski definition) is 1. The van der Waals surface area contributed by atoms with E-state index in [0.717, 1.165) is 26.1 Å². The fraction of sp³-hybridized carbons (Fsp3) is 0.692. The molecule has 0 aliphatic heterocycles. The lowest BCUT2D eigenvalue weighted by Crippen LogP contribution is -2.19. The van der Waals surface area contributed by atoms with Gasteiger partial charge in [0.1, 0.15) is 0 Å². The molecule has 0 amide bonds. The molecule has 1 atom stereocenters. The SMILES string of the molecule is CC[C@H](C)n1cccc1CNCCCOC. The van der Waals surface area contributed by atoms with E-state index >= 15 is 0 Å². The Morgan fingerprint density at radius 1 is 1.50 bits per heavy atom. The molecule has 1 N–H and O–H groups in total. The van der Waals surface area contributed by atoms with Gasteiger partial charge in [0, 0.05) is 38.2 Å². The van der Waals surface area contributed by atoms with Gasteiger partial charge < -0.3 is 14.6 Å². The summed E-state index contributed by atoms with van der Waals surface area (Å²) in [7, 11) is 1.74. The van der Waals surface area contributed by atoms with Crippen LogP contribution in [0.1, 0.15) is 38.4 Å². The van der Waals surface area contributed by atoms with Gasteiger partial charge in [0.25, 0.3) is 0 Å². The van der Waals surface area contributed by atoms with Crippen molar-refractivity contribution in [2.24, 2.45) is 0 Å². The molecule has 1 aromatic heterocycles. The molecule has 0 bridgehead atoms. The van der Waals surface area contributed by atoms with Gasteiger partial charge >= 0.3 is 0 Å². The summed E-state index contributed by atoms with van der Waals surface area (Å²) < 4.78 is 7.36. The highest BCUT2D eigenvalue weighted by Gasteiger charge is 2.05. The molecule has 0 saturated heterocycles. The zero-order valence-corrected chi connectivity index (χ0v) is 10.7. The summed E-state index contributed by atoms with van der Waals surface area (Å²) in [5.41, 5.74) is 1.37. The maximum absolute atomic E-state index is 5.01. The lowest BCUT2D eigenvalue weighted by atomic mass is 10.2. The first kappa shape index (κ1) is 13.3. The van der Waals surface area contributed by atoms with Crippen LogP contribution in [-0.4, -0.2) is 24.8 Å². The van der Waals surface area contributed by atoms with Crippen LogP contribution >= 0.6 is 0 Å². The third-order valence-electron chi connectivity index (χ3n) is 2.94. The maximum atomic E-state index is 5.01. The van der Waals surface area contributed by atoms with Gasteiger partial charge in [0.05, 0.1) is 0 Å². The summed E-state index contributed by atoms with van der Waals surface area (Å²) >= 11 is 0. The van der Waals surface area contributed by atoms with Crippen LogP contribution in [0, 0.1) is 0 Å². The third-order valence-corrected chi connectivity index (χ3v) is 2.94. The molecule has 0 fully saturated rings. The molecular formula is C13H24N2O. The number of hydrogen-bond acceptors (Lipinski definition) is 2. The zero-order chi connectivity index (χ0) is 11.8. The average Bonchev–Trinajstić information content (AvgIpc) is 2.76. The number of nitrogens with zero attached hydrogens (tertiary/aromatic N) is 1. The van der Waals surface area contributed by atoms with E-state index in [1.165, 1.54) is 12.1 Å². The van der Waals surface area contributed by atoms with Crippen molar-refractivity contribution in [3.63, 3.8) is 0 Å². The first-order valence-corrected chi connectivity index (χ1v) is 6.15. The molecule has 0 aliphatic rings. The molecule has 1 aromatic rings. The molecule has 0 radical (unpaired) electrons. The van der Waals surface area contributed by atoms with Crippen molar-refractivity contribution in [1.82, 2.24) is 9.88 Å².